The monoisotopic (exact) mass is 281 g/mol. The molecule has 0 saturated heterocycles. The van der Waals surface area contributed by atoms with Gasteiger partial charge in [0.15, 0.2) is 11.6 Å². The summed E-state index contributed by atoms with van der Waals surface area (Å²) in [6.45, 7) is 1.92. The molecule has 0 bridgehead atoms. The Morgan fingerprint density at radius 2 is 2.05 bits per heavy atom. The average molecular weight is 281 g/mol. The van der Waals surface area contributed by atoms with Crippen LogP contribution in [0.1, 0.15) is 12.5 Å². The van der Waals surface area contributed by atoms with E-state index in [9.17, 15) is 14.0 Å². The Labute approximate surface area is 116 Å². The Balaban J connectivity index is 2.99. The highest BCUT2D eigenvalue weighted by Crippen LogP contribution is 2.24. The molecule has 0 aromatic heterocycles. The number of para-hydroxylation sites is 1. The molecule has 0 heterocycles. The van der Waals surface area contributed by atoms with E-state index >= 15 is 0 Å². The molecule has 0 aliphatic rings. The van der Waals surface area contributed by atoms with Gasteiger partial charge in [0, 0.05) is 25.7 Å². The van der Waals surface area contributed by atoms with Gasteiger partial charge in [0.2, 0.25) is 0 Å². The smallest absolute Gasteiger partial charge is 0.414 e. The van der Waals surface area contributed by atoms with E-state index in [0.717, 1.165) is 6.08 Å². The molecule has 1 aromatic carbocycles. The van der Waals surface area contributed by atoms with Crippen molar-refractivity contribution in [2.24, 2.45) is 0 Å². The lowest BCUT2D eigenvalue weighted by Gasteiger charge is -2.13. The van der Waals surface area contributed by atoms with Crippen molar-refractivity contribution in [3.05, 3.63) is 35.7 Å². The molecule has 0 radical (unpaired) electrons. The zero-order valence-electron chi connectivity index (χ0n) is 11.6. The fourth-order valence-corrected chi connectivity index (χ4v) is 1.29. The molecule has 1 rings (SSSR count). The van der Waals surface area contributed by atoms with Gasteiger partial charge in [-0.3, -0.25) is 0 Å². The first-order valence-electron chi connectivity index (χ1n) is 5.98. The van der Waals surface area contributed by atoms with Crippen LogP contribution in [0.2, 0.25) is 0 Å². The van der Waals surface area contributed by atoms with E-state index in [1.54, 1.807) is 6.92 Å². The van der Waals surface area contributed by atoms with Crippen LogP contribution < -0.4 is 4.74 Å². The summed E-state index contributed by atoms with van der Waals surface area (Å²) in [7, 11) is 2.97. The first-order valence-corrected chi connectivity index (χ1v) is 5.98. The molecule has 0 aliphatic heterocycles. The van der Waals surface area contributed by atoms with E-state index in [1.165, 1.54) is 43.3 Å². The average Bonchev–Trinajstić information content (AvgIpc) is 2.39. The minimum Gasteiger partial charge on any atom is -0.463 e. The topological polar surface area (TPSA) is 55.8 Å². The predicted octanol–water partition coefficient (Wildman–Crippen LogP) is 2.46. The van der Waals surface area contributed by atoms with E-state index in [0.29, 0.717) is 0 Å². The number of benzene rings is 1. The van der Waals surface area contributed by atoms with Crippen LogP contribution in [0.15, 0.2) is 24.3 Å². The van der Waals surface area contributed by atoms with Crippen molar-refractivity contribution in [1.29, 1.82) is 0 Å². The molecule has 0 unspecified atom stereocenters. The predicted molar refractivity (Wildman–Crippen MR) is 71.8 cm³/mol. The molecule has 0 fully saturated rings. The Bertz CT molecular complexity index is 526. The van der Waals surface area contributed by atoms with Gasteiger partial charge in [-0.05, 0) is 19.1 Å². The SMILES string of the molecule is CCOC(=O)/C=C/c1cccc(F)c1OC(=O)N(C)C. The number of ether oxygens (including phenoxy) is 2. The molecule has 0 N–H and O–H groups in total. The summed E-state index contributed by atoms with van der Waals surface area (Å²) >= 11 is 0. The highest BCUT2D eigenvalue weighted by atomic mass is 19.1. The van der Waals surface area contributed by atoms with Crippen molar-refractivity contribution in [3.8, 4) is 5.75 Å². The molecular weight excluding hydrogens is 265 g/mol. The lowest BCUT2D eigenvalue weighted by atomic mass is 10.2. The summed E-state index contributed by atoms with van der Waals surface area (Å²) < 4.78 is 23.4. The number of amides is 1. The third kappa shape index (κ3) is 4.38. The van der Waals surface area contributed by atoms with Crippen LogP contribution in [0.25, 0.3) is 6.08 Å². The van der Waals surface area contributed by atoms with E-state index in [1.807, 2.05) is 0 Å². The van der Waals surface area contributed by atoms with E-state index < -0.39 is 17.9 Å². The third-order valence-corrected chi connectivity index (χ3v) is 2.24. The van der Waals surface area contributed by atoms with E-state index in [-0.39, 0.29) is 17.9 Å². The number of hydrogen-bond acceptors (Lipinski definition) is 4. The maximum absolute atomic E-state index is 13.7. The summed E-state index contributed by atoms with van der Waals surface area (Å²) in [5, 5.41) is 0. The van der Waals surface area contributed by atoms with Crippen molar-refractivity contribution in [2.45, 2.75) is 6.92 Å². The minimum atomic E-state index is -0.708. The zero-order valence-corrected chi connectivity index (χ0v) is 11.6. The number of carbonyl (C=O) groups is 2. The molecule has 0 saturated carbocycles. The van der Waals surface area contributed by atoms with Gasteiger partial charge in [0.1, 0.15) is 0 Å². The van der Waals surface area contributed by atoms with E-state index in [2.05, 4.69) is 0 Å². The van der Waals surface area contributed by atoms with E-state index in [4.69, 9.17) is 9.47 Å². The molecule has 108 valence electrons. The van der Waals surface area contributed by atoms with Gasteiger partial charge in [-0.25, -0.2) is 14.0 Å². The summed E-state index contributed by atoms with van der Waals surface area (Å²) in [6.07, 6.45) is 1.77. The number of nitrogens with zero attached hydrogens (tertiary/aromatic N) is 1. The highest BCUT2D eigenvalue weighted by molar-refractivity contribution is 5.87. The first kappa shape index (κ1) is 15.7. The fraction of sp³-hybridized carbons (Fsp3) is 0.286. The van der Waals surface area contributed by atoms with Gasteiger partial charge in [-0.15, -0.1) is 0 Å². The van der Waals surface area contributed by atoms with Crippen molar-refractivity contribution in [1.82, 2.24) is 4.90 Å². The van der Waals surface area contributed by atoms with Crippen LogP contribution in [0, 0.1) is 5.82 Å². The second kappa shape index (κ2) is 7.28. The second-order valence-corrected chi connectivity index (χ2v) is 4.01. The second-order valence-electron chi connectivity index (χ2n) is 4.01. The van der Waals surface area contributed by atoms with Gasteiger partial charge in [0.25, 0.3) is 0 Å². The molecule has 0 atom stereocenters. The molecule has 0 aliphatic carbocycles. The van der Waals surface area contributed by atoms with Crippen LogP contribution in [0.5, 0.6) is 5.75 Å². The van der Waals surface area contributed by atoms with Crippen LogP contribution in [0.3, 0.4) is 0 Å². The van der Waals surface area contributed by atoms with Crippen LogP contribution in [-0.2, 0) is 9.53 Å². The summed E-state index contributed by atoms with van der Waals surface area (Å²) in [5.74, 6) is -1.47. The quantitative estimate of drug-likeness (QED) is 0.628. The molecule has 20 heavy (non-hydrogen) atoms. The van der Waals surface area contributed by atoms with Crippen molar-refractivity contribution in [2.75, 3.05) is 20.7 Å². The standard InChI is InChI=1S/C14H16FNO4/c1-4-19-12(17)9-8-10-6-5-7-11(15)13(10)20-14(18)16(2)3/h5-9H,4H2,1-3H3/b9-8+. The molecule has 1 amide bonds. The van der Waals surface area contributed by atoms with Crippen LogP contribution in [-0.4, -0.2) is 37.7 Å². The van der Waals surface area contributed by atoms with Gasteiger partial charge in [0.05, 0.1) is 6.61 Å². The molecule has 5 nitrogen and oxygen atoms in total. The van der Waals surface area contributed by atoms with Crippen molar-refractivity contribution in [3.63, 3.8) is 0 Å². The van der Waals surface area contributed by atoms with Crippen molar-refractivity contribution < 1.29 is 23.5 Å². The van der Waals surface area contributed by atoms with Crippen molar-refractivity contribution >= 4 is 18.1 Å². The number of esters is 1. The van der Waals surface area contributed by atoms with Gasteiger partial charge in [-0.2, -0.15) is 0 Å². The largest absolute Gasteiger partial charge is 0.463 e. The Hall–Kier alpha value is -2.37. The Morgan fingerprint density at radius 3 is 2.65 bits per heavy atom. The highest BCUT2D eigenvalue weighted by Gasteiger charge is 2.14. The lowest BCUT2D eigenvalue weighted by molar-refractivity contribution is -0.137. The van der Waals surface area contributed by atoms with Crippen LogP contribution >= 0.6 is 0 Å². The lowest BCUT2D eigenvalue weighted by Crippen LogP contribution is -2.26. The van der Waals surface area contributed by atoms with Gasteiger partial charge >= 0.3 is 12.1 Å². The summed E-state index contributed by atoms with van der Waals surface area (Å²) in [5.41, 5.74) is 0.272. The maximum atomic E-state index is 13.7. The van der Waals surface area contributed by atoms with Gasteiger partial charge < -0.3 is 14.4 Å². The fourth-order valence-electron chi connectivity index (χ4n) is 1.29. The van der Waals surface area contributed by atoms with Crippen LogP contribution in [0.4, 0.5) is 9.18 Å². The minimum absolute atomic E-state index is 0.230. The zero-order chi connectivity index (χ0) is 15.1. The normalized spacial score (nSPS) is 10.4. The summed E-state index contributed by atoms with van der Waals surface area (Å²) in [4.78, 5) is 23.9. The van der Waals surface area contributed by atoms with Gasteiger partial charge in [-0.1, -0.05) is 12.1 Å². The Morgan fingerprint density at radius 1 is 1.35 bits per heavy atom. The summed E-state index contributed by atoms with van der Waals surface area (Å²) in [6, 6.07) is 4.14. The number of carbonyl (C=O) groups excluding carboxylic acids is 2. The number of rotatable bonds is 4. The third-order valence-electron chi connectivity index (χ3n) is 2.24. The molecule has 1 aromatic rings. The number of halogens is 1. The first-order chi connectivity index (χ1) is 9.45. The Kier molecular flexibility index (Phi) is 5.71. The molecule has 6 heteroatoms. The molecule has 0 spiro atoms. The molecular formula is C14H16FNO4. The maximum Gasteiger partial charge on any atom is 0.414 e. The number of hydrogen-bond donors (Lipinski definition) is 0.